The summed E-state index contributed by atoms with van der Waals surface area (Å²) in [5, 5.41) is 33.6. The molecule has 2 fully saturated rings. The smallest absolute Gasteiger partial charge is 0.255 e. The zero-order chi connectivity index (χ0) is 48.1. The third kappa shape index (κ3) is 9.21. The van der Waals surface area contributed by atoms with Crippen molar-refractivity contribution in [3.05, 3.63) is 118 Å². The van der Waals surface area contributed by atoms with Gasteiger partial charge in [-0.3, -0.25) is 9.59 Å². The van der Waals surface area contributed by atoms with Crippen LogP contribution in [0.5, 0.6) is 0 Å². The van der Waals surface area contributed by atoms with E-state index in [-0.39, 0.29) is 70.6 Å². The molecule has 4 aliphatic rings. The van der Waals surface area contributed by atoms with Crippen LogP contribution in [0.15, 0.2) is 73.1 Å². The highest BCUT2D eigenvalue weighted by atomic mass is 32.2. The highest BCUT2D eigenvalue weighted by Gasteiger charge is 2.32. The van der Waals surface area contributed by atoms with Crippen molar-refractivity contribution in [1.29, 1.82) is 10.5 Å². The summed E-state index contributed by atoms with van der Waals surface area (Å²) in [6.45, 7) is 2.53. The van der Waals surface area contributed by atoms with Gasteiger partial charge in [0.1, 0.15) is 11.6 Å². The molecule has 4 aromatic heterocycles. The Bertz CT molecular complexity index is 3140. The summed E-state index contributed by atoms with van der Waals surface area (Å²) in [5.41, 5.74) is 3.27. The molecular formula is C44H40F2N14O6S2. The molecule has 0 bridgehead atoms. The molecule has 8 heterocycles. The van der Waals surface area contributed by atoms with Crippen molar-refractivity contribution < 1.29 is 35.2 Å². The van der Waals surface area contributed by atoms with Crippen LogP contribution in [-0.4, -0.2) is 109 Å². The van der Waals surface area contributed by atoms with Crippen molar-refractivity contribution in [2.75, 3.05) is 48.5 Å². The van der Waals surface area contributed by atoms with Gasteiger partial charge in [0.15, 0.2) is 11.6 Å². The Balaban J connectivity index is 0.000000170. The van der Waals surface area contributed by atoms with E-state index in [9.17, 15) is 45.7 Å². The quantitative estimate of drug-likeness (QED) is 0.154. The molecule has 0 aliphatic carbocycles. The minimum absolute atomic E-state index is 0.0648. The molecular weight excluding hydrogens is 923 g/mol. The number of carbonyl (C=O) groups is 2. The molecule has 2 atom stereocenters. The monoisotopic (exact) mass is 962 g/mol. The van der Waals surface area contributed by atoms with Crippen molar-refractivity contribution in [2.24, 2.45) is 0 Å². The van der Waals surface area contributed by atoms with Crippen LogP contribution < -0.4 is 29.9 Å². The second-order valence-electron chi connectivity index (χ2n) is 16.5. The van der Waals surface area contributed by atoms with Gasteiger partial charge in [-0.25, -0.2) is 54.4 Å². The lowest BCUT2D eigenvalue weighted by atomic mass is 10.0. The maximum atomic E-state index is 14.7. The molecule has 2 aromatic carbocycles. The lowest BCUT2D eigenvalue weighted by molar-refractivity contribution is 0.0957. The number of fused-ring (bicyclic) bond motifs is 2. The molecule has 1 unspecified atom stereocenters. The Labute approximate surface area is 388 Å². The van der Waals surface area contributed by atoms with Gasteiger partial charge in [0, 0.05) is 62.8 Å². The number of benzene rings is 2. The van der Waals surface area contributed by atoms with Crippen molar-refractivity contribution in [2.45, 2.75) is 38.0 Å². The zero-order valence-corrected chi connectivity index (χ0v) is 37.9. The van der Waals surface area contributed by atoms with E-state index in [2.05, 4.69) is 40.2 Å². The molecule has 348 valence electrons. The normalized spacial score (nSPS) is 17.5. The van der Waals surface area contributed by atoms with Crippen LogP contribution >= 0.6 is 0 Å². The molecule has 2 saturated heterocycles. The van der Waals surface area contributed by atoms with Crippen molar-refractivity contribution >= 4 is 43.5 Å². The molecule has 68 heavy (non-hydrogen) atoms. The second-order valence-corrected chi connectivity index (χ2v) is 20.1. The van der Waals surface area contributed by atoms with Crippen LogP contribution in [0.4, 0.5) is 20.4 Å². The van der Waals surface area contributed by atoms with Gasteiger partial charge in [-0.1, -0.05) is 12.1 Å². The summed E-state index contributed by atoms with van der Waals surface area (Å²) in [5.74, 6) is -0.559. The van der Waals surface area contributed by atoms with Crippen LogP contribution in [0.1, 0.15) is 56.1 Å². The number of nitrogens with zero attached hydrogens (tertiary/aromatic N) is 10. The number of nitriles is 2. The maximum absolute atomic E-state index is 14.7. The van der Waals surface area contributed by atoms with Gasteiger partial charge in [-0.15, -0.1) is 0 Å². The standard InChI is InChI=1S/2C22H20FN7O3S/c2*1-34(32,33)28-14-5-7-29(12-14)19-6-8-30(27-19)18-9-16(26-17-11-25-22(31)21(17)18)20-13(10-24)3-2-4-15(20)23/h2*2-4,6,8-9,14,28H,5,7,11-12H2,1H3,(H,25,31)/t14-;/m0./s1. The van der Waals surface area contributed by atoms with Gasteiger partial charge < -0.3 is 20.4 Å². The van der Waals surface area contributed by atoms with Crippen LogP contribution in [0.2, 0.25) is 0 Å². The molecule has 6 aromatic rings. The minimum Gasteiger partial charge on any atom is -0.353 e. The Morgan fingerprint density at radius 3 is 1.44 bits per heavy atom. The number of sulfonamides is 2. The molecule has 4 N–H and O–H groups in total. The van der Waals surface area contributed by atoms with E-state index in [0.717, 1.165) is 12.5 Å². The number of nitrogens with one attached hydrogen (secondary N) is 4. The summed E-state index contributed by atoms with van der Waals surface area (Å²) in [6.07, 6.45) is 6.91. The third-order valence-electron chi connectivity index (χ3n) is 11.6. The summed E-state index contributed by atoms with van der Waals surface area (Å²) in [6, 6.07) is 18.7. The highest BCUT2D eigenvalue weighted by molar-refractivity contribution is 7.89. The van der Waals surface area contributed by atoms with E-state index in [1.165, 1.54) is 45.8 Å². The van der Waals surface area contributed by atoms with Gasteiger partial charge in [-0.2, -0.15) is 20.7 Å². The van der Waals surface area contributed by atoms with Gasteiger partial charge >= 0.3 is 0 Å². The second kappa shape index (κ2) is 17.9. The number of aromatic nitrogens is 6. The Morgan fingerprint density at radius 2 is 1.06 bits per heavy atom. The van der Waals surface area contributed by atoms with Crippen molar-refractivity contribution in [1.82, 2.24) is 49.6 Å². The van der Waals surface area contributed by atoms with E-state index >= 15 is 0 Å². The first-order chi connectivity index (χ1) is 32.5. The Hall–Kier alpha value is -7.64. The zero-order valence-electron chi connectivity index (χ0n) is 36.2. The van der Waals surface area contributed by atoms with E-state index < -0.39 is 31.7 Å². The maximum Gasteiger partial charge on any atom is 0.255 e. The first kappa shape index (κ1) is 45.5. The molecule has 0 saturated carbocycles. The fourth-order valence-electron chi connectivity index (χ4n) is 8.76. The SMILES string of the molecule is CS(=O)(=O)NC1CCN(c2ccn(-c3cc(-c4c(F)cccc4C#N)nc4c3C(=O)NC4)n2)C1.CS(=O)(=O)N[C@H]1CCN(c2ccn(-c3cc(-c4c(F)cccc4C#N)nc4c3C(=O)NC4)n2)C1. The van der Waals surface area contributed by atoms with E-state index in [0.29, 0.717) is 84.5 Å². The highest BCUT2D eigenvalue weighted by Crippen LogP contribution is 2.34. The van der Waals surface area contributed by atoms with Crippen LogP contribution in [-0.2, 0) is 33.1 Å². The summed E-state index contributed by atoms with van der Waals surface area (Å²) < 4.78 is 83.8. The topological polar surface area (TPSA) is 266 Å². The lowest BCUT2D eigenvalue weighted by Crippen LogP contribution is -2.36. The minimum atomic E-state index is -3.31. The fraction of sp³-hybridized carbons (Fsp3) is 0.273. The van der Waals surface area contributed by atoms with E-state index in [1.807, 2.05) is 21.9 Å². The van der Waals surface area contributed by atoms with Gasteiger partial charge in [0.05, 0.1) is 105 Å². The van der Waals surface area contributed by atoms with Gasteiger partial charge in [0.2, 0.25) is 20.0 Å². The molecule has 4 aliphatic heterocycles. The average Bonchev–Trinajstić information content (AvgIpc) is 4.16. The first-order valence-electron chi connectivity index (χ1n) is 21.1. The van der Waals surface area contributed by atoms with Crippen LogP contribution in [0.25, 0.3) is 33.9 Å². The Kier molecular flexibility index (Phi) is 12.0. The summed E-state index contributed by atoms with van der Waals surface area (Å²) >= 11 is 0. The molecule has 20 nitrogen and oxygen atoms in total. The van der Waals surface area contributed by atoms with Gasteiger partial charge in [0.25, 0.3) is 11.8 Å². The number of amides is 2. The van der Waals surface area contributed by atoms with Crippen molar-refractivity contribution in [3.63, 3.8) is 0 Å². The molecule has 24 heteroatoms. The van der Waals surface area contributed by atoms with Crippen molar-refractivity contribution in [3.8, 4) is 46.0 Å². The van der Waals surface area contributed by atoms with Crippen LogP contribution in [0.3, 0.4) is 0 Å². The number of carbonyl (C=O) groups excluding carboxylic acids is 2. The van der Waals surface area contributed by atoms with Crippen LogP contribution in [0, 0.1) is 34.3 Å². The number of hydrogen-bond acceptors (Lipinski definition) is 14. The predicted molar refractivity (Wildman–Crippen MR) is 242 cm³/mol. The first-order valence-corrected chi connectivity index (χ1v) is 24.8. The number of halogens is 2. The average molecular weight is 963 g/mol. The van der Waals surface area contributed by atoms with E-state index in [1.54, 1.807) is 36.7 Å². The Morgan fingerprint density at radius 1 is 0.647 bits per heavy atom. The van der Waals surface area contributed by atoms with Gasteiger partial charge in [-0.05, 0) is 49.2 Å². The molecule has 10 rings (SSSR count). The van der Waals surface area contributed by atoms with E-state index in [4.69, 9.17) is 0 Å². The number of pyridine rings is 2. The predicted octanol–water partition coefficient (Wildman–Crippen LogP) is 2.63. The lowest BCUT2D eigenvalue weighted by Gasteiger charge is -2.16. The number of anilines is 2. The summed E-state index contributed by atoms with van der Waals surface area (Å²) in [7, 11) is -6.62. The summed E-state index contributed by atoms with van der Waals surface area (Å²) in [4.78, 5) is 37.9. The molecule has 0 spiro atoms. The molecule has 2 amide bonds. The fourth-order valence-corrected chi connectivity index (χ4v) is 10.4. The number of rotatable bonds is 10. The molecule has 0 radical (unpaired) electrons. The largest absolute Gasteiger partial charge is 0.353 e. The third-order valence-corrected chi connectivity index (χ3v) is 13.2. The number of hydrogen-bond donors (Lipinski definition) is 4.